The number of allylic oxidation sites excluding steroid dienone is 2. The monoisotopic (exact) mass is 634 g/mol. The maximum atomic E-state index is 14.2. The van der Waals surface area contributed by atoms with Gasteiger partial charge in [0.25, 0.3) is 0 Å². The zero-order valence-corrected chi connectivity index (χ0v) is 27.0. The number of carbonyl (C=O) groups is 2. The Labute approximate surface area is 276 Å². The van der Waals surface area contributed by atoms with Crippen molar-refractivity contribution < 1.29 is 23.8 Å². The van der Waals surface area contributed by atoms with Gasteiger partial charge >= 0.3 is 0 Å². The molecular formula is C40H43FN2O4. The van der Waals surface area contributed by atoms with Crippen molar-refractivity contribution in [2.75, 3.05) is 19.7 Å². The summed E-state index contributed by atoms with van der Waals surface area (Å²) in [5.41, 5.74) is 6.56. The van der Waals surface area contributed by atoms with E-state index < -0.39 is 5.82 Å². The fourth-order valence-electron chi connectivity index (χ4n) is 8.43. The van der Waals surface area contributed by atoms with Crippen LogP contribution in [-0.2, 0) is 20.9 Å². The van der Waals surface area contributed by atoms with Gasteiger partial charge in [0.1, 0.15) is 0 Å². The maximum absolute atomic E-state index is 14.2. The van der Waals surface area contributed by atoms with Crippen LogP contribution in [0, 0.1) is 23.6 Å². The number of phenols is 1. The summed E-state index contributed by atoms with van der Waals surface area (Å²) in [7, 11) is 0. The first-order valence-corrected chi connectivity index (χ1v) is 17.1. The van der Waals surface area contributed by atoms with Gasteiger partial charge in [-0.3, -0.25) is 19.4 Å². The number of amides is 2. The number of phenolic OH excluding ortho intramolecular Hbond substituents is 1. The molecule has 3 fully saturated rings. The summed E-state index contributed by atoms with van der Waals surface area (Å²) in [5.74, 6) is -1.69. The minimum atomic E-state index is -0.648. The van der Waals surface area contributed by atoms with Crippen LogP contribution in [0.25, 0.3) is 11.6 Å². The number of hydrogen-bond acceptors (Lipinski definition) is 5. The lowest BCUT2D eigenvalue weighted by atomic mass is 9.69. The highest BCUT2D eigenvalue weighted by atomic mass is 19.1. The topological polar surface area (TPSA) is 70.1 Å². The Morgan fingerprint density at radius 2 is 1.68 bits per heavy atom. The highest BCUT2D eigenvalue weighted by Crippen LogP contribution is 2.51. The van der Waals surface area contributed by atoms with Crippen molar-refractivity contribution in [1.82, 2.24) is 9.80 Å². The first-order chi connectivity index (χ1) is 22.9. The predicted octanol–water partition coefficient (Wildman–Crippen LogP) is 7.24. The minimum absolute atomic E-state index is 0.00244. The Kier molecular flexibility index (Phi) is 9.11. The molecule has 3 aliphatic heterocycles. The average molecular weight is 635 g/mol. The van der Waals surface area contributed by atoms with Gasteiger partial charge in [-0.2, -0.15) is 0 Å². The Balaban J connectivity index is 1.06. The van der Waals surface area contributed by atoms with E-state index in [9.17, 15) is 19.1 Å². The van der Waals surface area contributed by atoms with Gasteiger partial charge in [-0.05, 0) is 78.5 Å². The van der Waals surface area contributed by atoms with Gasteiger partial charge in [0.2, 0.25) is 11.8 Å². The number of ether oxygens (including phenoxy) is 1. The van der Waals surface area contributed by atoms with E-state index in [1.807, 2.05) is 42.5 Å². The fourth-order valence-corrected chi connectivity index (χ4v) is 8.43. The van der Waals surface area contributed by atoms with E-state index in [1.54, 1.807) is 11.0 Å². The summed E-state index contributed by atoms with van der Waals surface area (Å²) in [6.45, 7) is 5.24. The number of likely N-dealkylation sites (tertiary alicyclic amines) is 2. The van der Waals surface area contributed by atoms with E-state index in [0.29, 0.717) is 25.0 Å². The van der Waals surface area contributed by atoms with E-state index in [4.69, 9.17) is 4.74 Å². The van der Waals surface area contributed by atoms with Crippen molar-refractivity contribution in [3.8, 4) is 5.75 Å². The molecule has 0 bridgehead atoms. The van der Waals surface area contributed by atoms with Crippen molar-refractivity contribution >= 4 is 23.5 Å². The number of rotatable bonds is 9. The third-order valence-electron chi connectivity index (χ3n) is 10.8. The van der Waals surface area contributed by atoms with Crippen molar-refractivity contribution in [1.29, 1.82) is 0 Å². The van der Waals surface area contributed by atoms with Crippen LogP contribution in [0.1, 0.15) is 62.1 Å². The highest BCUT2D eigenvalue weighted by molar-refractivity contribution is 6.06. The molecule has 3 heterocycles. The summed E-state index contributed by atoms with van der Waals surface area (Å²) >= 11 is 0. The lowest BCUT2D eigenvalue weighted by Crippen LogP contribution is -2.47. The second kappa shape index (κ2) is 13.6. The van der Waals surface area contributed by atoms with Crippen LogP contribution in [0.3, 0.4) is 0 Å². The van der Waals surface area contributed by atoms with E-state index >= 15 is 0 Å². The van der Waals surface area contributed by atoms with Crippen molar-refractivity contribution in [3.05, 3.63) is 113 Å². The Morgan fingerprint density at radius 3 is 2.38 bits per heavy atom. The number of carbonyl (C=O) groups excluding carboxylic acids is 2. The molecule has 3 saturated heterocycles. The molecule has 1 N–H and O–H groups in total. The molecule has 1 aliphatic carbocycles. The minimum Gasteiger partial charge on any atom is -0.505 e. The molecule has 6 nitrogen and oxygen atoms in total. The normalized spacial score (nSPS) is 25.4. The molecule has 0 unspecified atom stereocenters. The molecule has 7 rings (SSSR count). The molecule has 4 atom stereocenters. The summed E-state index contributed by atoms with van der Waals surface area (Å²) in [6.07, 6.45) is 6.36. The van der Waals surface area contributed by atoms with Crippen molar-refractivity contribution in [2.24, 2.45) is 17.8 Å². The Bertz CT molecular complexity index is 1680. The SMILES string of the molecule is CCC1=C2[C@@H](CC/C(=C/c3ccc(O)c(F)c3)c3ccccc3)OC[C@@H]2[C@@H]2C(=O)N(C3CCN(Cc4ccccc4)CC3)C(=O)[C@@H]2C1. The number of piperidine rings is 1. The summed E-state index contributed by atoms with van der Waals surface area (Å²) in [4.78, 5) is 32.1. The third kappa shape index (κ3) is 6.31. The number of hydrogen-bond donors (Lipinski definition) is 1. The number of nitrogens with zero attached hydrogens (tertiary/aromatic N) is 2. The number of benzene rings is 3. The van der Waals surface area contributed by atoms with Crippen LogP contribution in [0.15, 0.2) is 90.0 Å². The summed E-state index contributed by atoms with van der Waals surface area (Å²) in [6, 6.07) is 24.9. The van der Waals surface area contributed by atoms with Crippen LogP contribution < -0.4 is 0 Å². The highest BCUT2D eigenvalue weighted by Gasteiger charge is 2.58. The molecule has 244 valence electrons. The molecule has 3 aromatic carbocycles. The van der Waals surface area contributed by atoms with Crippen LogP contribution in [0.4, 0.5) is 4.39 Å². The molecule has 0 saturated carbocycles. The standard InChI is InChI=1S/C40H43FN2O4/c1-2-28-23-32-38(40(46)43(39(32)45)31-17-19-42(20-18-31)24-26-9-5-3-6-10-26)33-25-47-36(37(28)33)16-14-30(29-11-7-4-8-12-29)21-27-13-15-35(44)34(41)22-27/h3-13,15,21-22,31-33,36,38,44H,2,14,16-20,23-25H2,1H3/b30-21-/t32-,33+,36-,38-/m1/s1. The average Bonchev–Trinajstić information content (AvgIpc) is 3.63. The first-order valence-electron chi connectivity index (χ1n) is 17.1. The van der Waals surface area contributed by atoms with Gasteiger partial charge in [0.05, 0.1) is 24.5 Å². The number of fused-ring (bicyclic) bond motifs is 3. The van der Waals surface area contributed by atoms with E-state index in [-0.39, 0.29) is 47.5 Å². The second-order valence-corrected chi connectivity index (χ2v) is 13.5. The molecule has 47 heavy (non-hydrogen) atoms. The van der Waals surface area contributed by atoms with Crippen LogP contribution in [0.2, 0.25) is 0 Å². The largest absolute Gasteiger partial charge is 0.505 e. The zero-order valence-electron chi connectivity index (χ0n) is 27.0. The zero-order chi connectivity index (χ0) is 32.5. The fraction of sp³-hybridized carbons (Fsp3) is 0.400. The third-order valence-corrected chi connectivity index (χ3v) is 10.8. The molecule has 3 aromatic rings. The van der Waals surface area contributed by atoms with E-state index in [2.05, 4.69) is 36.1 Å². The lowest BCUT2D eigenvalue weighted by molar-refractivity contribution is -0.144. The van der Waals surface area contributed by atoms with Gasteiger partial charge < -0.3 is 9.84 Å². The van der Waals surface area contributed by atoms with Crippen LogP contribution >= 0.6 is 0 Å². The Hall–Kier alpha value is -4.07. The van der Waals surface area contributed by atoms with Gasteiger partial charge in [-0.25, -0.2) is 4.39 Å². The summed E-state index contributed by atoms with van der Waals surface area (Å²) < 4.78 is 20.7. The second-order valence-electron chi connectivity index (χ2n) is 13.5. The molecular weight excluding hydrogens is 591 g/mol. The quantitative estimate of drug-likeness (QED) is 0.153. The van der Waals surface area contributed by atoms with Gasteiger partial charge in [0, 0.05) is 31.6 Å². The molecule has 0 radical (unpaired) electrons. The van der Waals surface area contributed by atoms with Gasteiger partial charge in [0.15, 0.2) is 11.6 Å². The lowest BCUT2D eigenvalue weighted by Gasteiger charge is -2.36. The summed E-state index contributed by atoms with van der Waals surface area (Å²) in [5, 5.41) is 9.68. The Morgan fingerprint density at radius 1 is 0.957 bits per heavy atom. The number of halogens is 1. The van der Waals surface area contributed by atoms with Crippen molar-refractivity contribution in [2.45, 2.75) is 64.1 Å². The molecule has 2 amide bonds. The first kappa shape index (κ1) is 31.5. The van der Waals surface area contributed by atoms with Gasteiger partial charge in [-0.15, -0.1) is 0 Å². The van der Waals surface area contributed by atoms with Crippen LogP contribution in [-0.4, -0.2) is 58.6 Å². The number of aromatic hydroxyl groups is 1. The van der Waals surface area contributed by atoms with E-state index in [0.717, 1.165) is 56.5 Å². The molecule has 0 aromatic heterocycles. The smallest absolute Gasteiger partial charge is 0.234 e. The predicted molar refractivity (Wildman–Crippen MR) is 180 cm³/mol. The van der Waals surface area contributed by atoms with Gasteiger partial charge in [-0.1, -0.05) is 85.3 Å². The number of imide groups is 1. The maximum Gasteiger partial charge on any atom is 0.234 e. The van der Waals surface area contributed by atoms with Crippen LogP contribution in [0.5, 0.6) is 5.75 Å². The van der Waals surface area contributed by atoms with E-state index in [1.165, 1.54) is 28.8 Å². The molecule has 4 aliphatic rings. The molecule has 0 spiro atoms. The molecule has 7 heteroatoms. The van der Waals surface area contributed by atoms with Crippen molar-refractivity contribution in [3.63, 3.8) is 0 Å².